The molecule has 0 radical (unpaired) electrons. The summed E-state index contributed by atoms with van der Waals surface area (Å²) in [7, 11) is 4.56. The molecule has 0 aromatic carbocycles. The van der Waals surface area contributed by atoms with Crippen molar-refractivity contribution in [3.8, 4) is 0 Å². The van der Waals surface area contributed by atoms with Crippen molar-refractivity contribution in [1.29, 1.82) is 0 Å². The largest absolute Gasteiger partial charge is 0.313 e. The maximum Gasteiger partial charge on any atom is 0.0197 e. The summed E-state index contributed by atoms with van der Waals surface area (Å²) in [5.74, 6) is 1.88. The molecule has 2 aliphatic heterocycles. The Balaban J connectivity index is 1.67. The molecule has 2 saturated heterocycles. The van der Waals surface area contributed by atoms with E-state index in [0.717, 1.165) is 17.9 Å². The normalized spacial score (nSPS) is 30.9. The van der Waals surface area contributed by atoms with E-state index in [4.69, 9.17) is 0 Å². The molecule has 0 bridgehead atoms. The number of hydrogen-bond acceptors (Lipinski definition) is 3. The van der Waals surface area contributed by atoms with Crippen LogP contribution in [0.15, 0.2) is 0 Å². The van der Waals surface area contributed by atoms with Crippen molar-refractivity contribution >= 4 is 0 Å². The average Bonchev–Trinajstić information content (AvgIpc) is 2.41. The standard InChI is InChI=1S/C16H33N3/c1-4-14-5-8-17-16(11-14)13-19(3)12-15-6-9-18(2)10-7-15/h14-17H,4-13H2,1-3H3. The van der Waals surface area contributed by atoms with Crippen LogP contribution < -0.4 is 5.32 Å². The molecule has 0 aliphatic carbocycles. The summed E-state index contributed by atoms with van der Waals surface area (Å²) in [6.07, 6.45) is 6.89. The van der Waals surface area contributed by atoms with Gasteiger partial charge < -0.3 is 15.1 Å². The van der Waals surface area contributed by atoms with E-state index in [1.807, 2.05) is 0 Å². The van der Waals surface area contributed by atoms with Gasteiger partial charge in [0.25, 0.3) is 0 Å². The second kappa shape index (κ2) is 7.61. The van der Waals surface area contributed by atoms with Crippen LogP contribution in [-0.4, -0.2) is 62.7 Å². The SMILES string of the molecule is CCC1CCNC(CN(C)CC2CCN(C)CC2)C1. The van der Waals surface area contributed by atoms with E-state index in [1.165, 1.54) is 64.8 Å². The first-order chi connectivity index (χ1) is 9.17. The van der Waals surface area contributed by atoms with Gasteiger partial charge in [0, 0.05) is 19.1 Å². The van der Waals surface area contributed by atoms with Gasteiger partial charge in [0.05, 0.1) is 0 Å². The summed E-state index contributed by atoms with van der Waals surface area (Å²) in [4.78, 5) is 5.04. The molecule has 2 rings (SSSR count). The quantitative estimate of drug-likeness (QED) is 0.822. The highest BCUT2D eigenvalue weighted by molar-refractivity contribution is 4.81. The van der Waals surface area contributed by atoms with Gasteiger partial charge >= 0.3 is 0 Å². The molecule has 2 heterocycles. The Morgan fingerprint density at radius 1 is 1.11 bits per heavy atom. The third-order valence-corrected chi connectivity index (χ3v) is 5.12. The Morgan fingerprint density at radius 3 is 2.53 bits per heavy atom. The smallest absolute Gasteiger partial charge is 0.0197 e. The van der Waals surface area contributed by atoms with Gasteiger partial charge in [-0.25, -0.2) is 0 Å². The first kappa shape index (κ1) is 15.3. The third kappa shape index (κ3) is 5.05. The van der Waals surface area contributed by atoms with Crippen molar-refractivity contribution in [2.45, 2.75) is 45.1 Å². The summed E-state index contributed by atoms with van der Waals surface area (Å²) >= 11 is 0. The van der Waals surface area contributed by atoms with Gasteiger partial charge in [0.15, 0.2) is 0 Å². The van der Waals surface area contributed by atoms with E-state index < -0.39 is 0 Å². The predicted octanol–water partition coefficient (Wildman–Crippen LogP) is 2.04. The highest BCUT2D eigenvalue weighted by atomic mass is 15.1. The zero-order valence-corrected chi connectivity index (χ0v) is 13.2. The van der Waals surface area contributed by atoms with Crippen LogP contribution in [0.4, 0.5) is 0 Å². The van der Waals surface area contributed by atoms with Crippen molar-refractivity contribution in [2.75, 3.05) is 46.8 Å². The van der Waals surface area contributed by atoms with Gasteiger partial charge in [-0.1, -0.05) is 13.3 Å². The average molecular weight is 267 g/mol. The molecule has 2 atom stereocenters. The molecule has 0 amide bonds. The summed E-state index contributed by atoms with van der Waals surface area (Å²) < 4.78 is 0. The monoisotopic (exact) mass is 267 g/mol. The molecule has 0 aromatic rings. The fourth-order valence-electron chi connectivity index (χ4n) is 3.74. The lowest BCUT2D eigenvalue weighted by atomic mass is 9.90. The van der Waals surface area contributed by atoms with Crippen LogP contribution in [0.3, 0.4) is 0 Å². The maximum atomic E-state index is 3.71. The topological polar surface area (TPSA) is 18.5 Å². The Hall–Kier alpha value is -0.120. The number of nitrogens with one attached hydrogen (secondary N) is 1. The summed E-state index contributed by atoms with van der Waals surface area (Å²) in [5, 5.41) is 3.71. The van der Waals surface area contributed by atoms with Crippen molar-refractivity contribution in [3.05, 3.63) is 0 Å². The van der Waals surface area contributed by atoms with E-state index in [1.54, 1.807) is 0 Å². The molecule has 0 saturated carbocycles. The summed E-state index contributed by atoms with van der Waals surface area (Å²) in [6, 6.07) is 0.731. The Bertz CT molecular complexity index is 248. The highest BCUT2D eigenvalue weighted by Gasteiger charge is 2.23. The fraction of sp³-hybridized carbons (Fsp3) is 1.00. The number of piperidine rings is 2. The van der Waals surface area contributed by atoms with Gasteiger partial charge in [-0.15, -0.1) is 0 Å². The van der Waals surface area contributed by atoms with E-state index >= 15 is 0 Å². The van der Waals surface area contributed by atoms with Crippen LogP contribution in [-0.2, 0) is 0 Å². The second-order valence-electron chi connectivity index (χ2n) is 6.92. The molecule has 112 valence electrons. The summed E-state index contributed by atoms with van der Waals surface area (Å²) in [6.45, 7) is 8.68. The second-order valence-corrected chi connectivity index (χ2v) is 6.92. The van der Waals surface area contributed by atoms with Gasteiger partial charge in [-0.3, -0.25) is 0 Å². The molecule has 3 heteroatoms. The van der Waals surface area contributed by atoms with Crippen LogP contribution in [0.5, 0.6) is 0 Å². The number of nitrogens with zero attached hydrogens (tertiary/aromatic N) is 2. The number of likely N-dealkylation sites (tertiary alicyclic amines) is 1. The van der Waals surface area contributed by atoms with Crippen LogP contribution in [0.25, 0.3) is 0 Å². The highest BCUT2D eigenvalue weighted by Crippen LogP contribution is 2.21. The lowest BCUT2D eigenvalue weighted by Gasteiger charge is -2.35. The first-order valence-electron chi connectivity index (χ1n) is 8.27. The molecule has 0 spiro atoms. The van der Waals surface area contributed by atoms with Gasteiger partial charge in [-0.05, 0) is 71.2 Å². The molecular weight excluding hydrogens is 234 g/mol. The lowest BCUT2D eigenvalue weighted by molar-refractivity contribution is 0.158. The minimum atomic E-state index is 0.731. The first-order valence-corrected chi connectivity index (χ1v) is 8.27. The zero-order chi connectivity index (χ0) is 13.7. The predicted molar refractivity (Wildman–Crippen MR) is 82.5 cm³/mol. The minimum Gasteiger partial charge on any atom is -0.313 e. The van der Waals surface area contributed by atoms with Gasteiger partial charge in [-0.2, -0.15) is 0 Å². The molecule has 2 aliphatic rings. The molecule has 3 nitrogen and oxygen atoms in total. The Kier molecular flexibility index (Phi) is 6.11. The van der Waals surface area contributed by atoms with Crippen LogP contribution in [0.2, 0.25) is 0 Å². The van der Waals surface area contributed by atoms with Crippen molar-refractivity contribution in [2.24, 2.45) is 11.8 Å². The van der Waals surface area contributed by atoms with E-state index in [0.29, 0.717) is 0 Å². The number of rotatable bonds is 5. The molecule has 2 fully saturated rings. The molecule has 1 N–H and O–H groups in total. The van der Waals surface area contributed by atoms with Crippen molar-refractivity contribution in [1.82, 2.24) is 15.1 Å². The fourth-order valence-corrected chi connectivity index (χ4v) is 3.74. The van der Waals surface area contributed by atoms with Crippen molar-refractivity contribution in [3.63, 3.8) is 0 Å². The van der Waals surface area contributed by atoms with Crippen molar-refractivity contribution < 1.29 is 0 Å². The zero-order valence-electron chi connectivity index (χ0n) is 13.2. The molecular formula is C16H33N3. The Morgan fingerprint density at radius 2 is 1.84 bits per heavy atom. The Labute approximate surface area is 119 Å². The number of likely N-dealkylation sites (N-methyl/N-ethyl adjacent to an activating group) is 1. The maximum absolute atomic E-state index is 3.71. The van der Waals surface area contributed by atoms with Crippen LogP contribution in [0, 0.1) is 11.8 Å². The number of hydrogen-bond donors (Lipinski definition) is 1. The van der Waals surface area contributed by atoms with Gasteiger partial charge in [0.2, 0.25) is 0 Å². The van der Waals surface area contributed by atoms with E-state index in [-0.39, 0.29) is 0 Å². The lowest BCUT2D eigenvalue weighted by Crippen LogP contribution is -2.46. The van der Waals surface area contributed by atoms with E-state index in [2.05, 4.69) is 36.1 Å². The molecule has 19 heavy (non-hydrogen) atoms. The van der Waals surface area contributed by atoms with Gasteiger partial charge in [0.1, 0.15) is 0 Å². The van der Waals surface area contributed by atoms with Crippen LogP contribution in [0.1, 0.15) is 39.0 Å². The third-order valence-electron chi connectivity index (χ3n) is 5.12. The van der Waals surface area contributed by atoms with E-state index in [9.17, 15) is 0 Å². The molecule has 2 unspecified atom stereocenters. The summed E-state index contributed by atoms with van der Waals surface area (Å²) in [5.41, 5.74) is 0. The molecule has 0 aromatic heterocycles. The van der Waals surface area contributed by atoms with Crippen LogP contribution >= 0.6 is 0 Å². The minimum absolute atomic E-state index is 0.731.